The van der Waals surface area contributed by atoms with Crippen LogP contribution in [0.1, 0.15) is 12.5 Å². The lowest BCUT2D eigenvalue weighted by molar-refractivity contribution is 0.321. The summed E-state index contributed by atoms with van der Waals surface area (Å²) < 4.78 is 15.9. The van der Waals surface area contributed by atoms with Gasteiger partial charge in [-0.15, -0.1) is 0 Å². The van der Waals surface area contributed by atoms with Crippen molar-refractivity contribution in [2.75, 3.05) is 27.9 Å². The van der Waals surface area contributed by atoms with Crippen LogP contribution in [0.4, 0.5) is 0 Å². The number of benzene rings is 1. The first kappa shape index (κ1) is 12.6. The zero-order valence-corrected chi connectivity index (χ0v) is 10.3. The van der Waals surface area contributed by atoms with E-state index in [4.69, 9.17) is 14.2 Å². The molecule has 0 fully saturated rings. The Bertz CT molecular complexity index is 339. The third-order valence-electron chi connectivity index (χ3n) is 2.35. The van der Waals surface area contributed by atoms with Gasteiger partial charge in [-0.3, -0.25) is 0 Å². The van der Waals surface area contributed by atoms with Crippen molar-refractivity contribution >= 4 is 0 Å². The lowest BCUT2D eigenvalue weighted by Crippen LogP contribution is -2.13. The van der Waals surface area contributed by atoms with E-state index in [1.807, 2.05) is 12.1 Å². The first-order valence-corrected chi connectivity index (χ1v) is 5.27. The van der Waals surface area contributed by atoms with Crippen LogP contribution in [0, 0.1) is 0 Å². The van der Waals surface area contributed by atoms with Crippen molar-refractivity contribution in [2.24, 2.45) is 0 Å². The van der Waals surface area contributed by atoms with Gasteiger partial charge in [-0.25, -0.2) is 0 Å². The summed E-state index contributed by atoms with van der Waals surface area (Å²) in [6, 6.07) is 3.86. The van der Waals surface area contributed by atoms with Gasteiger partial charge in [0.05, 0.1) is 21.3 Å². The molecule has 1 aromatic carbocycles. The van der Waals surface area contributed by atoms with Crippen LogP contribution in [0.3, 0.4) is 0 Å². The van der Waals surface area contributed by atoms with Gasteiger partial charge in [-0.2, -0.15) is 0 Å². The number of methoxy groups -OCH3 is 3. The fourth-order valence-electron chi connectivity index (χ4n) is 1.56. The highest BCUT2D eigenvalue weighted by Gasteiger charge is 2.14. The molecule has 0 saturated heterocycles. The molecule has 0 bridgehead atoms. The molecule has 1 rings (SSSR count). The maximum Gasteiger partial charge on any atom is 0.203 e. The molecule has 1 N–H and O–H groups in total. The molecule has 0 saturated carbocycles. The first-order chi connectivity index (χ1) is 7.78. The Labute approximate surface area is 96.5 Å². The second kappa shape index (κ2) is 6.23. The lowest BCUT2D eigenvalue weighted by atomic mass is 10.1. The molecule has 0 heterocycles. The highest BCUT2D eigenvalue weighted by Crippen LogP contribution is 2.39. The molecule has 0 aliphatic carbocycles. The van der Waals surface area contributed by atoms with Crippen molar-refractivity contribution < 1.29 is 14.2 Å². The minimum atomic E-state index is 0.639. The van der Waals surface area contributed by atoms with Crippen molar-refractivity contribution in [3.05, 3.63) is 17.7 Å². The van der Waals surface area contributed by atoms with Crippen molar-refractivity contribution in [1.82, 2.24) is 5.32 Å². The molecule has 4 heteroatoms. The van der Waals surface area contributed by atoms with Gasteiger partial charge < -0.3 is 19.5 Å². The van der Waals surface area contributed by atoms with Gasteiger partial charge in [0.2, 0.25) is 5.75 Å². The van der Waals surface area contributed by atoms with Gasteiger partial charge >= 0.3 is 0 Å². The van der Waals surface area contributed by atoms with Crippen LogP contribution in [-0.4, -0.2) is 27.9 Å². The van der Waals surface area contributed by atoms with Crippen LogP contribution < -0.4 is 19.5 Å². The Kier molecular flexibility index (Phi) is 4.92. The summed E-state index contributed by atoms with van der Waals surface area (Å²) in [6.45, 7) is 3.73. The second-order valence-electron chi connectivity index (χ2n) is 3.27. The smallest absolute Gasteiger partial charge is 0.203 e. The average molecular weight is 225 g/mol. The minimum Gasteiger partial charge on any atom is -0.493 e. The number of hydrogen-bond acceptors (Lipinski definition) is 4. The Balaban J connectivity index is 3.10. The maximum atomic E-state index is 5.36. The van der Waals surface area contributed by atoms with E-state index >= 15 is 0 Å². The lowest BCUT2D eigenvalue weighted by Gasteiger charge is -2.15. The number of nitrogens with one attached hydrogen (secondary N) is 1. The van der Waals surface area contributed by atoms with E-state index < -0.39 is 0 Å². The molecule has 0 aliphatic heterocycles. The minimum absolute atomic E-state index is 0.639. The van der Waals surface area contributed by atoms with E-state index in [-0.39, 0.29) is 0 Å². The summed E-state index contributed by atoms with van der Waals surface area (Å²) in [5.41, 5.74) is 1.06. The van der Waals surface area contributed by atoms with Crippen LogP contribution in [0.2, 0.25) is 0 Å². The zero-order valence-electron chi connectivity index (χ0n) is 10.3. The summed E-state index contributed by atoms with van der Waals surface area (Å²) >= 11 is 0. The first-order valence-electron chi connectivity index (χ1n) is 5.27. The summed E-state index contributed by atoms with van der Waals surface area (Å²) in [7, 11) is 4.85. The highest BCUT2D eigenvalue weighted by atomic mass is 16.5. The molecule has 0 atom stereocenters. The summed E-state index contributed by atoms with van der Waals surface area (Å²) in [5, 5.41) is 3.25. The number of ether oxygens (including phenoxy) is 3. The molecule has 0 spiro atoms. The average Bonchev–Trinajstić information content (AvgIpc) is 2.34. The van der Waals surface area contributed by atoms with E-state index in [1.165, 1.54) is 0 Å². The van der Waals surface area contributed by atoms with E-state index in [9.17, 15) is 0 Å². The van der Waals surface area contributed by atoms with Crippen LogP contribution in [0.15, 0.2) is 12.1 Å². The fraction of sp³-hybridized carbons (Fsp3) is 0.500. The van der Waals surface area contributed by atoms with E-state index in [0.29, 0.717) is 11.5 Å². The number of rotatable bonds is 6. The number of hydrogen-bond donors (Lipinski definition) is 1. The Morgan fingerprint density at radius 1 is 1.00 bits per heavy atom. The molecule has 0 aliphatic rings. The Morgan fingerprint density at radius 2 is 1.69 bits per heavy atom. The summed E-state index contributed by atoms with van der Waals surface area (Å²) in [5.74, 6) is 2.04. The molecule has 16 heavy (non-hydrogen) atoms. The van der Waals surface area contributed by atoms with Gasteiger partial charge in [0.15, 0.2) is 11.5 Å². The molecular weight excluding hydrogens is 206 g/mol. The van der Waals surface area contributed by atoms with Crippen molar-refractivity contribution in [1.29, 1.82) is 0 Å². The zero-order chi connectivity index (χ0) is 12.0. The Hall–Kier alpha value is -1.42. The van der Waals surface area contributed by atoms with E-state index in [1.54, 1.807) is 21.3 Å². The third-order valence-corrected chi connectivity index (χ3v) is 2.35. The molecule has 90 valence electrons. The largest absolute Gasteiger partial charge is 0.493 e. The third kappa shape index (κ3) is 2.58. The predicted octanol–water partition coefficient (Wildman–Crippen LogP) is 1.82. The van der Waals surface area contributed by atoms with Crippen molar-refractivity contribution in [2.45, 2.75) is 13.5 Å². The van der Waals surface area contributed by atoms with Gasteiger partial charge in [0.1, 0.15) is 0 Å². The van der Waals surface area contributed by atoms with Gasteiger partial charge in [0, 0.05) is 12.1 Å². The van der Waals surface area contributed by atoms with Crippen molar-refractivity contribution in [3.8, 4) is 17.2 Å². The fourth-order valence-corrected chi connectivity index (χ4v) is 1.56. The highest BCUT2D eigenvalue weighted by molar-refractivity contribution is 5.55. The molecular formula is C12H19NO3. The van der Waals surface area contributed by atoms with E-state index in [0.717, 1.165) is 24.4 Å². The summed E-state index contributed by atoms with van der Waals surface area (Å²) in [6.07, 6.45) is 0. The predicted molar refractivity (Wildman–Crippen MR) is 63.5 cm³/mol. The molecule has 4 nitrogen and oxygen atoms in total. The molecule has 0 unspecified atom stereocenters. The molecule has 0 amide bonds. The molecule has 1 aromatic rings. The monoisotopic (exact) mass is 225 g/mol. The van der Waals surface area contributed by atoms with Crippen molar-refractivity contribution in [3.63, 3.8) is 0 Å². The van der Waals surface area contributed by atoms with Gasteiger partial charge in [-0.1, -0.05) is 13.0 Å². The van der Waals surface area contributed by atoms with Crippen LogP contribution in [0.5, 0.6) is 17.2 Å². The molecule has 0 radical (unpaired) electrons. The standard InChI is InChI=1S/C12H19NO3/c1-5-13-8-9-6-7-10(14-2)12(16-4)11(9)15-3/h6-7,13H,5,8H2,1-4H3. The molecule has 0 aromatic heterocycles. The topological polar surface area (TPSA) is 39.7 Å². The van der Waals surface area contributed by atoms with Crippen LogP contribution in [-0.2, 0) is 6.54 Å². The maximum absolute atomic E-state index is 5.36. The van der Waals surface area contributed by atoms with Gasteiger partial charge in [-0.05, 0) is 12.6 Å². The van der Waals surface area contributed by atoms with Gasteiger partial charge in [0.25, 0.3) is 0 Å². The quantitative estimate of drug-likeness (QED) is 0.801. The van der Waals surface area contributed by atoms with Crippen LogP contribution in [0.25, 0.3) is 0 Å². The normalized spacial score (nSPS) is 10.0. The SMILES string of the molecule is CCNCc1ccc(OC)c(OC)c1OC. The Morgan fingerprint density at radius 3 is 2.19 bits per heavy atom. The second-order valence-corrected chi connectivity index (χ2v) is 3.27. The van der Waals surface area contributed by atoms with Crippen LogP contribution >= 0.6 is 0 Å². The summed E-state index contributed by atoms with van der Waals surface area (Å²) in [4.78, 5) is 0. The van der Waals surface area contributed by atoms with E-state index in [2.05, 4.69) is 12.2 Å².